The number of amides is 1. The second-order valence-electron chi connectivity index (χ2n) is 8.98. The van der Waals surface area contributed by atoms with Gasteiger partial charge in [0, 0.05) is 47.2 Å². The van der Waals surface area contributed by atoms with Crippen LogP contribution in [0.5, 0.6) is 5.75 Å². The van der Waals surface area contributed by atoms with Crippen molar-refractivity contribution in [3.05, 3.63) is 58.5 Å². The molecule has 1 amide bonds. The van der Waals surface area contributed by atoms with Gasteiger partial charge in [-0.2, -0.15) is 0 Å². The summed E-state index contributed by atoms with van der Waals surface area (Å²) >= 11 is 6.38. The molecule has 5 rings (SSSR count). The molecule has 0 radical (unpaired) electrons. The van der Waals surface area contributed by atoms with E-state index in [4.69, 9.17) is 21.1 Å². The summed E-state index contributed by atoms with van der Waals surface area (Å²) < 4.78 is 12.0. The van der Waals surface area contributed by atoms with Gasteiger partial charge in [-0.25, -0.2) is 0 Å². The van der Waals surface area contributed by atoms with Gasteiger partial charge in [0.2, 0.25) is 0 Å². The first kappa shape index (κ1) is 22.7. The Hall–Kier alpha value is -3.03. The summed E-state index contributed by atoms with van der Waals surface area (Å²) in [4.78, 5) is 20.8. The van der Waals surface area contributed by atoms with E-state index in [-0.39, 0.29) is 17.9 Å². The Morgan fingerprint density at radius 3 is 3.00 bits per heavy atom. The zero-order chi connectivity index (χ0) is 23.7. The minimum atomic E-state index is -0.107. The topological polar surface area (TPSA) is 88.3 Å². The van der Waals surface area contributed by atoms with Crippen LogP contribution in [-0.4, -0.2) is 41.7 Å². The van der Waals surface area contributed by atoms with Crippen molar-refractivity contribution in [1.82, 2.24) is 15.3 Å². The molecule has 0 spiro atoms. The van der Waals surface area contributed by atoms with Crippen molar-refractivity contribution < 1.29 is 14.3 Å². The van der Waals surface area contributed by atoms with Gasteiger partial charge in [0.1, 0.15) is 12.4 Å². The minimum absolute atomic E-state index is 0.0798. The van der Waals surface area contributed by atoms with Crippen LogP contribution in [0.2, 0.25) is 5.02 Å². The Morgan fingerprint density at radius 2 is 2.18 bits per heavy atom. The highest BCUT2D eigenvalue weighted by molar-refractivity contribution is 6.31. The number of pyridine rings is 1. The van der Waals surface area contributed by atoms with Crippen LogP contribution in [0.1, 0.15) is 53.7 Å². The number of aromatic amines is 1. The Balaban J connectivity index is 1.57. The number of hydrogen-bond acceptors (Lipinski definition) is 5. The Kier molecular flexibility index (Phi) is 6.48. The SMILES string of the molecule is Cc1c(Cl)cccc1Nc1c(-c2ccncc2OCC2CCCCO2)[nH]c2c1C(=O)NC[C@H]2C. The van der Waals surface area contributed by atoms with E-state index < -0.39 is 0 Å². The van der Waals surface area contributed by atoms with Crippen LogP contribution in [0.15, 0.2) is 36.7 Å². The number of rotatable bonds is 6. The molecule has 34 heavy (non-hydrogen) atoms. The van der Waals surface area contributed by atoms with Crippen molar-refractivity contribution in [2.45, 2.75) is 45.1 Å². The summed E-state index contributed by atoms with van der Waals surface area (Å²) in [7, 11) is 0. The number of H-pyrrole nitrogens is 1. The van der Waals surface area contributed by atoms with Gasteiger partial charge in [0.05, 0.1) is 29.2 Å². The molecule has 1 aromatic carbocycles. The Bertz CT molecular complexity index is 1200. The van der Waals surface area contributed by atoms with E-state index in [0.29, 0.717) is 35.2 Å². The van der Waals surface area contributed by atoms with E-state index in [1.165, 1.54) is 0 Å². The van der Waals surface area contributed by atoms with Crippen LogP contribution in [0, 0.1) is 6.92 Å². The Morgan fingerprint density at radius 1 is 1.29 bits per heavy atom. The van der Waals surface area contributed by atoms with E-state index in [1.807, 2.05) is 31.2 Å². The summed E-state index contributed by atoms with van der Waals surface area (Å²) in [5, 5.41) is 7.16. The highest BCUT2D eigenvalue weighted by Crippen LogP contribution is 2.43. The zero-order valence-electron chi connectivity index (χ0n) is 19.4. The first-order valence-corrected chi connectivity index (χ1v) is 12.2. The normalized spacial score (nSPS) is 19.9. The first-order chi connectivity index (χ1) is 16.5. The van der Waals surface area contributed by atoms with E-state index in [2.05, 4.69) is 27.5 Å². The van der Waals surface area contributed by atoms with Crippen LogP contribution in [0.25, 0.3) is 11.3 Å². The highest BCUT2D eigenvalue weighted by atomic mass is 35.5. The van der Waals surface area contributed by atoms with Crippen molar-refractivity contribution in [2.24, 2.45) is 0 Å². The number of nitrogens with one attached hydrogen (secondary N) is 3. The van der Waals surface area contributed by atoms with Crippen LogP contribution in [-0.2, 0) is 4.74 Å². The van der Waals surface area contributed by atoms with Crippen molar-refractivity contribution in [3.8, 4) is 17.0 Å². The average molecular weight is 481 g/mol. The number of anilines is 2. The molecule has 7 nitrogen and oxygen atoms in total. The monoisotopic (exact) mass is 480 g/mol. The molecule has 4 heterocycles. The maximum absolute atomic E-state index is 13.0. The maximum atomic E-state index is 13.0. The lowest BCUT2D eigenvalue weighted by molar-refractivity contribution is -0.0110. The number of halogens is 1. The zero-order valence-corrected chi connectivity index (χ0v) is 20.2. The second kappa shape index (κ2) is 9.68. The molecule has 1 unspecified atom stereocenters. The van der Waals surface area contributed by atoms with E-state index in [9.17, 15) is 4.79 Å². The molecule has 0 aliphatic carbocycles. The number of hydrogen-bond donors (Lipinski definition) is 3. The number of fused-ring (bicyclic) bond motifs is 1. The molecule has 2 aliphatic heterocycles. The molecular weight excluding hydrogens is 452 g/mol. The number of carbonyl (C=O) groups is 1. The van der Waals surface area contributed by atoms with Crippen LogP contribution >= 0.6 is 11.6 Å². The predicted octanol–water partition coefficient (Wildman–Crippen LogP) is 5.58. The predicted molar refractivity (Wildman–Crippen MR) is 133 cm³/mol. The third-order valence-electron chi connectivity index (χ3n) is 6.60. The third kappa shape index (κ3) is 4.38. The van der Waals surface area contributed by atoms with Gasteiger partial charge in [-0.15, -0.1) is 0 Å². The summed E-state index contributed by atoms with van der Waals surface area (Å²) in [6.07, 6.45) is 6.77. The Labute approximate surface area is 204 Å². The van der Waals surface area contributed by atoms with Gasteiger partial charge in [-0.1, -0.05) is 24.6 Å². The smallest absolute Gasteiger partial charge is 0.255 e. The summed E-state index contributed by atoms with van der Waals surface area (Å²) in [6, 6.07) is 7.61. The minimum Gasteiger partial charge on any atom is -0.489 e. The number of nitrogens with zero attached hydrogens (tertiary/aromatic N) is 1. The van der Waals surface area contributed by atoms with E-state index in [1.54, 1.807) is 12.4 Å². The largest absolute Gasteiger partial charge is 0.489 e. The number of aromatic nitrogens is 2. The lowest BCUT2D eigenvalue weighted by Crippen LogP contribution is -2.33. The quantitative estimate of drug-likeness (QED) is 0.429. The number of carbonyl (C=O) groups excluding carboxylic acids is 1. The van der Waals surface area contributed by atoms with E-state index >= 15 is 0 Å². The molecule has 1 fully saturated rings. The van der Waals surface area contributed by atoms with Gasteiger partial charge in [-0.3, -0.25) is 9.78 Å². The molecule has 2 aliphatic rings. The molecular formula is C26H29ClN4O3. The van der Waals surface area contributed by atoms with Gasteiger partial charge in [0.25, 0.3) is 5.91 Å². The standard InChI is InChI=1S/C26H29ClN4O3/c1-15-12-29-26(32)22-23(15)31-24(25(22)30-20-8-5-7-19(27)16(20)2)18-9-10-28-13-21(18)34-14-17-6-3-4-11-33-17/h5,7-10,13,15,17,30-31H,3-4,6,11-12,14H2,1-2H3,(H,29,32)/t15-,17?/m1/s1. The third-order valence-corrected chi connectivity index (χ3v) is 7.01. The van der Waals surface area contributed by atoms with Crippen LogP contribution < -0.4 is 15.4 Å². The number of benzene rings is 1. The molecule has 3 aromatic rings. The lowest BCUT2D eigenvalue weighted by Gasteiger charge is -2.23. The molecule has 178 valence electrons. The van der Waals surface area contributed by atoms with Gasteiger partial charge >= 0.3 is 0 Å². The molecule has 1 saturated heterocycles. The molecule has 3 N–H and O–H groups in total. The fourth-order valence-corrected chi connectivity index (χ4v) is 4.76. The van der Waals surface area contributed by atoms with Gasteiger partial charge in [-0.05, 0) is 49.9 Å². The van der Waals surface area contributed by atoms with Gasteiger partial charge < -0.3 is 25.1 Å². The highest BCUT2D eigenvalue weighted by Gasteiger charge is 2.32. The average Bonchev–Trinajstić information content (AvgIpc) is 3.24. The van der Waals surface area contributed by atoms with Crippen molar-refractivity contribution in [1.29, 1.82) is 0 Å². The first-order valence-electron chi connectivity index (χ1n) is 11.8. The molecule has 8 heteroatoms. The lowest BCUT2D eigenvalue weighted by atomic mass is 9.98. The van der Waals surface area contributed by atoms with Gasteiger partial charge in [0.15, 0.2) is 0 Å². The van der Waals surface area contributed by atoms with Crippen molar-refractivity contribution >= 4 is 28.9 Å². The summed E-state index contributed by atoms with van der Waals surface area (Å²) in [5.41, 5.74) is 5.60. The van der Waals surface area contributed by atoms with Crippen LogP contribution in [0.3, 0.4) is 0 Å². The fourth-order valence-electron chi connectivity index (χ4n) is 4.59. The summed E-state index contributed by atoms with van der Waals surface area (Å²) in [5.74, 6) is 0.684. The van der Waals surface area contributed by atoms with Crippen LogP contribution in [0.4, 0.5) is 11.4 Å². The summed E-state index contributed by atoms with van der Waals surface area (Å²) in [6.45, 7) is 5.87. The maximum Gasteiger partial charge on any atom is 0.255 e. The van der Waals surface area contributed by atoms with Crippen molar-refractivity contribution in [2.75, 3.05) is 25.1 Å². The fraction of sp³-hybridized carbons (Fsp3) is 0.385. The molecule has 2 atom stereocenters. The molecule has 0 bridgehead atoms. The molecule has 0 saturated carbocycles. The second-order valence-corrected chi connectivity index (χ2v) is 9.39. The van der Waals surface area contributed by atoms with Crippen molar-refractivity contribution in [3.63, 3.8) is 0 Å². The molecule has 2 aromatic heterocycles. The van der Waals surface area contributed by atoms with E-state index in [0.717, 1.165) is 54.1 Å². The number of ether oxygens (including phenoxy) is 2.